The van der Waals surface area contributed by atoms with Gasteiger partial charge in [-0.1, -0.05) is 91.6 Å². The highest BCUT2D eigenvalue weighted by atomic mass is 32.2. The van der Waals surface area contributed by atoms with Crippen LogP contribution in [0.5, 0.6) is 0 Å². The molecule has 0 bridgehead atoms. The first-order chi connectivity index (χ1) is 18.8. The number of thioether (sulfide) groups is 1. The van der Waals surface area contributed by atoms with Crippen molar-refractivity contribution in [2.45, 2.75) is 23.5 Å². The summed E-state index contributed by atoms with van der Waals surface area (Å²) in [6.45, 7) is 6.06. The van der Waals surface area contributed by atoms with Crippen molar-refractivity contribution < 1.29 is 0 Å². The normalized spacial score (nSPS) is 16.4. The predicted molar refractivity (Wildman–Crippen MR) is 169 cm³/mol. The minimum atomic E-state index is 0.491. The number of benzene rings is 4. The van der Waals surface area contributed by atoms with Crippen molar-refractivity contribution in [2.24, 2.45) is 0 Å². The molecule has 2 aliphatic rings. The van der Waals surface area contributed by atoms with Crippen LogP contribution in [0.4, 0.5) is 17.1 Å². The fourth-order valence-electron chi connectivity index (χ4n) is 5.70. The molecule has 0 radical (unpaired) electrons. The quantitative estimate of drug-likeness (QED) is 0.210. The molecule has 0 spiro atoms. The Morgan fingerprint density at radius 1 is 0.895 bits per heavy atom. The van der Waals surface area contributed by atoms with E-state index in [0.29, 0.717) is 5.25 Å². The van der Waals surface area contributed by atoms with E-state index in [-0.39, 0.29) is 0 Å². The average Bonchev–Trinajstić information content (AvgIpc) is 3.54. The van der Waals surface area contributed by atoms with E-state index in [1.54, 1.807) is 0 Å². The van der Waals surface area contributed by atoms with E-state index in [2.05, 4.69) is 128 Å². The summed E-state index contributed by atoms with van der Waals surface area (Å²) < 4.78 is 2.64. The zero-order valence-electron chi connectivity index (χ0n) is 21.2. The van der Waals surface area contributed by atoms with E-state index in [1.165, 1.54) is 53.1 Å². The number of fused-ring (bicyclic) bond motifs is 6. The molecule has 0 saturated heterocycles. The van der Waals surface area contributed by atoms with E-state index in [4.69, 9.17) is 0 Å². The summed E-state index contributed by atoms with van der Waals surface area (Å²) in [5.41, 5.74) is 8.78. The lowest BCUT2D eigenvalue weighted by molar-refractivity contribution is 1.09. The highest BCUT2D eigenvalue weighted by Crippen LogP contribution is 2.54. The molecular weight excluding hydrogens is 499 g/mol. The molecular formula is C35H27NS2. The maximum Gasteiger partial charge on any atom is 0.0640 e. The van der Waals surface area contributed by atoms with Crippen LogP contribution in [0.3, 0.4) is 0 Å². The first-order valence-corrected chi connectivity index (χ1v) is 14.7. The van der Waals surface area contributed by atoms with E-state index in [0.717, 1.165) is 17.7 Å². The van der Waals surface area contributed by atoms with Crippen LogP contribution >= 0.6 is 23.1 Å². The molecule has 1 aromatic heterocycles. The van der Waals surface area contributed by atoms with Crippen molar-refractivity contribution in [1.82, 2.24) is 0 Å². The number of nitrogens with zero attached hydrogens (tertiary/aromatic N) is 1. The van der Waals surface area contributed by atoms with Gasteiger partial charge in [0.05, 0.1) is 16.1 Å². The first kappa shape index (κ1) is 23.3. The van der Waals surface area contributed by atoms with E-state index in [9.17, 15) is 0 Å². The summed E-state index contributed by atoms with van der Waals surface area (Å²) in [6.07, 6.45) is 11.9. The van der Waals surface area contributed by atoms with Crippen molar-refractivity contribution in [3.05, 3.63) is 133 Å². The third-order valence-corrected chi connectivity index (χ3v) is 10.1. The zero-order valence-corrected chi connectivity index (χ0v) is 22.9. The van der Waals surface area contributed by atoms with Crippen LogP contribution in [-0.4, -0.2) is 5.25 Å². The molecule has 1 unspecified atom stereocenters. The first-order valence-electron chi connectivity index (χ1n) is 13.0. The van der Waals surface area contributed by atoms with Gasteiger partial charge in [0.1, 0.15) is 0 Å². The third-order valence-electron chi connectivity index (χ3n) is 7.53. The van der Waals surface area contributed by atoms with Gasteiger partial charge in [-0.3, -0.25) is 0 Å². The van der Waals surface area contributed by atoms with Gasteiger partial charge in [-0.05, 0) is 65.9 Å². The molecule has 1 aliphatic heterocycles. The van der Waals surface area contributed by atoms with Gasteiger partial charge in [-0.2, -0.15) is 0 Å². The van der Waals surface area contributed by atoms with Crippen LogP contribution < -0.4 is 4.90 Å². The summed E-state index contributed by atoms with van der Waals surface area (Å²) in [4.78, 5) is 3.84. The number of rotatable bonds is 5. The Labute approximate surface area is 232 Å². The van der Waals surface area contributed by atoms with Crippen LogP contribution in [0.15, 0.2) is 127 Å². The summed E-state index contributed by atoms with van der Waals surface area (Å²) in [5, 5.41) is 3.13. The molecule has 1 nitrogen and oxygen atoms in total. The highest BCUT2D eigenvalue weighted by molar-refractivity contribution is 8.01. The van der Waals surface area contributed by atoms with Gasteiger partial charge in [-0.25, -0.2) is 0 Å². The highest BCUT2D eigenvalue weighted by Gasteiger charge is 2.32. The van der Waals surface area contributed by atoms with Gasteiger partial charge < -0.3 is 4.90 Å². The van der Waals surface area contributed by atoms with E-state index < -0.39 is 0 Å². The minimum absolute atomic E-state index is 0.491. The molecule has 7 rings (SSSR count). The number of anilines is 3. The maximum absolute atomic E-state index is 4.00. The van der Waals surface area contributed by atoms with Crippen molar-refractivity contribution in [1.29, 1.82) is 0 Å². The van der Waals surface area contributed by atoms with Gasteiger partial charge in [0.2, 0.25) is 0 Å². The number of hydrogen-bond donors (Lipinski definition) is 0. The van der Waals surface area contributed by atoms with Crippen molar-refractivity contribution in [3.8, 4) is 0 Å². The maximum atomic E-state index is 4.00. The Balaban J connectivity index is 1.47. The second-order valence-electron chi connectivity index (χ2n) is 9.63. The smallest absolute Gasteiger partial charge is 0.0640 e. The van der Waals surface area contributed by atoms with Gasteiger partial charge in [0, 0.05) is 31.3 Å². The second kappa shape index (κ2) is 9.50. The summed E-state index contributed by atoms with van der Waals surface area (Å²) in [5.74, 6) is 0. The van der Waals surface area contributed by atoms with Crippen molar-refractivity contribution >= 4 is 71.5 Å². The summed E-state index contributed by atoms with van der Waals surface area (Å²) >= 11 is 3.89. The Hall–Kier alpha value is -3.79. The average molecular weight is 526 g/mol. The fraction of sp³-hybridized carbons (Fsp3) is 0.0857. The van der Waals surface area contributed by atoms with Crippen LogP contribution in [0, 0.1) is 0 Å². The minimum Gasteiger partial charge on any atom is -0.308 e. The Morgan fingerprint density at radius 3 is 2.53 bits per heavy atom. The molecule has 0 N–H and O–H groups in total. The van der Waals surface area contributed by atoms with Gasteiger partial charge in [0.25, 0.3) is 0 Å². The largest absolute Gasteiger partial charge is 0.308 e. The molecule has 5 aromatic rings. The van der Waals surface area contributed by atoms with Crippen LogP contribution in [0.25, 0.3) is 31.3 Å². The summed E-state index contributed by atoms with van der Waals surface area (Å²) in [7, 11) is 0. The third kappa shape index (κ3) is 3.69. The topological polar surface area (TPSA) is 3.24 Å². The Morgan fingerprint density at radius 2 is 1.68 bits per heavy atom. The number of thiophene rings is 1. The zero-order chi connectivity index (χ0) is 25.6. The Kier molecular flexibility index (Phi) is 5.84. The van der Waals surface area contributed by atoms with E-state index in [1.807, 2.05) is 29.2 Å². The molecule has 4 aromatic carbocycles. The van der Waals surface area contributed by atoms with Crippen LogP contribution in [0.1, 0.15) is 24.5 Å². The second-order valence-corrected chi connectivity index (χ2v) is 11.9. The molecule has 38 heavy (non-hydrogen) atoms. The lowest BCUT2D eigenvalue weighted by atomic mass is 9.96. The Bertz CT molecular complexity index is 1800. The fourth-order valence-corrected chi connectivity index (χ4v) is 8.32. The van der Waals surface area contributed by atoms with Crippen molar-refractivity contribution in [2.75, 3.05) is 4.90 Å². The molecule has 2 heterocycles. The monoisotopic (exact) mass is 525 g/mol. The molecule has 0 fully saturated rings. The standard InChI is InChI=1S/C35H27NS2/c1-3-23(4-2)24-19-21-25(22-20-24)36(30-15-9-13-28-26-11-5-7-17-32(26)37-34(28)30)31-16-10-14-29-27-12-6-8-18-33(27)38-35(29)31/h3-17,19-22,33H,1,18H2,2H3/b23-4+. The molecule has 1 atom stereocenters. The van der Waals surface area contributed by atoms with Crippen molar-refractivity contribution in [3.63, 3.8) is 0 Å². The molecule has 0 saturated carbocycles. The van der Waals surface area contributed by atoms with E-state index >= 15 is 0 Å². The van der Waals surface area contributed by atoms with Gasteiger partial charge >= 0.3 is 0 Å². The lowest BCUT2D eigenvalue weighted by Gasteiger charge is -2.28. The molecule has 0 amide bonds. The van der Waals surface area contributed by atoms with Gasteiger partial charge in [-0.15, -0.1) is 23.1 Å². The SMILES string of the molecule is C=C/C(=C\C)c1ccc(N(c2cccc3c2SC2CC=CC=C32)c2cccc3c2sc2ccccc23)cc1. The molecule has 3 heteroatoms. The van der Waals surface area contributed by atoms with Crippen LogP contribution in [0.2, 0.25) is 0 Å². The molecule has 184 valence electrons. The molecule has 1 aliphatic carbocycles. The van der Waals surface area contributed by atoms with Crippen LogP contribution in [-0.2, 0) is 0 Å². The number of hydrogen-bond acceptors (Lipinski definition) is 3. The van der Waals surface area contributed by atoms with Gasteiger partial charge in [0.15, 0.2) is 0 Å². The predicted octanol–water partition coefficient (Wildman–Crippen LogP) is 10.9. The lowest BCUT2D eigenvalue weighted by Crippen LogP contribution is -2.11. The summed E-state index contributed by atoms with van der Waals surface area (Å²) in [6, 6.07) is 31.2. The number of allylic oxidation sites excluding steroid dienone is 6.